The topological polar surface area (TPSA) is 58.2 Å². The van der Waals surface area contributed by atoms with E-state index in [4.69, 9.17) is 0 Å². The monoisotopic (exact) mass is 414 g/mol. The third-order valence-corrected chi connectivity index (χ3v) is 5.15. The van der Waals surface area contributed by atoms with E-state index in [2.05, 4.69) is 55.7 Å². The van der Waals surface area contributed by atoms with Gasteiger partial charge in [0.2, 0.25) is 11.8 Å². The maximum absolute atomic E-state index is 12.4. The molecule has 0 saturated carbocycles. The van der Waals surface area contributed by atoms with Gasteiger partial charge in [-0.25, -0.2) is 0 Å². The quantitative estimate of drug-likeness (QED) is 0.506. The molecule has 0 aliphatic rings. The van der Waals surface area contributed by atoms with Crippen LogP contribution in [0.3, 0.4) is 0 Å². The molecule has 0 unspecified atom stereocenters. The maximum Gasteiger partial charge on any atom is 0.224 e. The van der Waals surface area contributed by atoms with Crippen molar-refractivity contribution < 1.29 is 9.59 Å². The smallest absolute Gasteiger partial charge is 0.224 e. The predicted molar refractivity (Wildman–Crippen MR) is 128 cm³/mol. The minimum Gasteiger partial charge on any atom is -0.326 e. The second-order valence-electron chi connectivity index (χ2n) is 8.83. The summed E-state index contributed by atoms with van der Waals surface area (Å²) in [4.78, 5) is 23.6. The summed E-state index contributed by atoms with van der Waals surface area (Å²) < 4.78 is 0. The van der Waals surface area contributed by atoms with Crippen LogP contribution < -0.4 is 10.6 Å². The van der Waals surface area contributed by atoms with E-state index in [1.165, 1.54) is 12.5 Å². The van der Waals surface area contributed by atoms with Crippen molar-refractivity contribution in [3.8, 4) is 11.1 Å². The van der Waals surface area contributed by atoms with Gasteiger partial charge >= 0.3 is 0 Å². The molecule has 2 N–H and O–H groups in total. The molecule has 0 bridgehead atoms. The van der Waals surface area contributed by atoms with Crippen LogP contribution >= 0.6 is 0 Å². The van der Waals surface area contributed by atoms with Crippen molar-refractivity contribution in [2.45, 2.75) is 46.0 Å². The average molecular weight is 415 g/mol. The number of hydrogen-bond acceptors (Lipinski definition) is 2. The number of amides is 2. The first-order chi connectivity index (χ1) is 14.7. The summed E-state index contributed by atoms with van der Waals surface area (Å²) in [6.45, 7) is 8.08. The van der Waals surface area contributed by atoms with Gasteiger partial charge in [-0.15, -0.1) is 0 Å². The van der Waals surface area contributed by atoms with Gasteiger partial charge in [-0.3, -0.25) is 9.59 Å². The molecule has 160 valence electrons. The molecule has 0 aromatic heterocycles. The van der Waals surface area contributed by atoms with Crippen molar-refractivity contribution >= 4 is 23.2 Å². The molecule has 0 radical (unpaired) electrons. The van der Waals surface area contributed by atoms with Crippen LogP contribution in [0.2, 0.25) is 0 Å². The van der Waals surface area contributed by atoms with Crippen LogP contribution in [0.25, 0.3) is 11.1 Å². The summed E-state index contributed by atoms with van der Waals surface area (Å²) in [7, 11) is 0. The normalized spacial score (nSPS) is 11.1. The van der Waals surface area contributed by atoms with Crippen LogP contribution in [0.4, 0.5) is 11.4 Å². The number of carbonyl (C=O) groups is 2. The van der Waals surface area contributed by atoms with Crippen LogP contribution in [0.15, 0.2) is 72.8 Å². The Kier molecular flexibility index (Phi) is 6.91. The zero-order valence-corrected chi connectivity index (χ0v) is 18.7. The van der Waals surface area contributed by atoms with E-state index in [9.17, 15) is 9.59 Å². The zero-order valence-electron chi connectivity index (χ0n) is 18.7. The molecule has 0 heterocycles. The van der Waals surface area contributed by atoms with Gasteiger partial charge in [0.05, 0.1) is 0 Å². The van der Waals surface area contributed by atoms with Crippen molar-refractivity contribution in [1.29, 1.82) is 0 Å². The van der Waals surface area contributed by atoms with Crippen LogP contribution in [0, 0.1) is 0 Å². The maximum atomic E-state index is 12.4. The summed E-state index contributed by atoms with van der Waals surface area (Å²) in [5, 5.41) is 5.76. The SMILES string of the molecule is CC(=O)Nc1cccc(-c2ccc(NC(=O)CCc3ccc(C(C)(C)C)cc3)cc2)c1. The summed E-state index contributed by atoms with van der Waals surface area (Å²) in [5.41, 5.74) is 6.15. The van der Waals surface area contributed by atoms with Gasteiger partial charge in [0.25, 0.3) is 0 Å². The lowest BCUT2D eigenvalue weighted by atomic mass is 9.86. The Balaban J connectivity index is 1.56. The lowest BCUT2D eigenvalue weighted by molar-refractivity contribution is -0.116. The van der Waals surface area contributed by atoms with Gasteiger partial charge in [-0.2, -0.15) is 0 Å². The fraction of sp³-hybridized carbons (Fsp3) is 0.259. The van der Waals surface area contributed by atoms with E-state index >= 15 is 0 Å². The number of hydrogen-bond donors (Lipinski definition) is 2. The number of benzene rings is 3. The molecule has 0 spiro atoms. The average Bonchev–Trinajstić information content (AvgIpc) is 2.72. The van der Waals surface area contributed by atoms with E-state index < -0.39 is 0 Å². The summed E-state index contributed by atoms with van der Waals surface area (Å²) in [6.07, 6.45) is 1.15. The summed E-state index contributed by atoms with van der Waals surface area (Å²) in [6, 6.07) is 23.9. The Morgan fingerprint density at radius 2 is 1.45 bits per heavy atom. The molecule has 4 heteroatoms. The van der Waals surface area contributed by atoms with Crippen LogP contribution in [-0.4, -0.2) is 11.8 Å². The highest BCUT2D eigenvalue weighted by atomic mass is 16.2. The van der Waals surface area contributed by atoms with Gasteiger partial charge in [0.15, 0.2) is 0 Å². The second-order valence-corrected chi connectivity index (χ2v) is 8.83. The molecule has 2 amide bonds. The Labute approximate surface area is 184 Å². The predicted octanol–water partition coefficient (Wildman–Crippen LogP) is 6.18. The van der Waals surface area contributed by atoms with Crippen LogP contribution in [0.1, 0.15) is 45.2 Å². The van der Waals surface area contributed by atoms with Crippen molar-refractivity contribution in [3.63, 3.8) is 0 Å². The minimum atomic E-state index is -0.0969. The van der Waals surface area contributed by atoms with Crippen molar-refractivity contribution in [2.75, 3.05) is 10.6 Å². The molecule has 4 nitrogen and oxygen atoms in total. The molecular formula is C27H30N2O2. The number of carbonyl (C=O) groups excluding carboxylic acids is 2. The highest BCUT2D eigenvalue weighted by molar-refractivity contribution is 5.91. The van der Waals surface area contributed by atoms with Gasteiger partial charge < -0.3 is 10.6 Å². The number of aryl methyl sites for hydroxylation is 1. The molecule has 0 saturated heterocycles. The highest BCUT2D eigenvalue weighted by Crippen LogP contribution is 2.25. The first kappa shape index (κ1) is 22.3. The fourth-order valence-corrected chi connectivity index (χ4v) is 3.38. The Morgan fingerprint density at radius 3 is 2.06 bits per heavy atom. The molecule has 3 aromatic carbocycles. The van der Waals surface area contributed by atoms with E-state index in [0.29, 0.717) is 12.8 Å². The molecule has 0 atom stereocenters. The third-order valence-electron chi connectivity index (χ3n) is 5.15. The second kappa shape index (κ2) is 9.61. The molecule has 3 rings (SSSR count). The minimum absolute atomic E-state index is 0.000281. The largest absolute Gasteiger partial charge is 0.326 e. The number of anilines is 2. The van der Waals surface area contributed by atoms with Crippen LogP contribution in [0.5, 0.6) is 0 Å². The third kappa shape index (κ3) is 6.54. The van der Waals surface area contributed by atoms with E-state index in [-0.39, 0.29) is 17.2 Å². The highest BCUT2D eigenvalue weighted by Gasteiger charge is 2.13. The van der Waals surface area contributed by atoms with Crippen molar-refractivity contribution in [3.05, 3.63) is 83.9 Å². The molecule has 0 fully saturated rings. The fourth-order valence-electron chi connectivity index (χ4n) is 3.38. The molecule has 0 aliphatic carbocycles. The van der Waals surface area contributed by atoms with Crippen molar-refractivity contribution in [2.24, 2.45) is 0 Å². The lowest BCUT2D eigenvalue weighted by Gasteiger charge is -2.19. The van der Waals surface area contributed by atoms with Gasteiger partial charge in [-0.05, 0) is 58.4 Å². The Morgan fingerprint density at radius 1 is 0.774 bits per heavy atom. The van der Waals surface area contributed by atoms with Gasteiger partial charge in [0.1, 0.15) is 0 Å². The molecule has 31 heavy (non-hydrogen) atoms. The first-order valence-corrected chi connectivity index (χ1v) is 10.6. The Hall–Kier alpha value is -3.40. The number of rotatable bonds is 6. The van der Waals surface area contributed by atoms with Crippen LogP contribution in [-0.2, 0) is 21.4 Å². The van der Waals surface area contributed by atoms with E-state index in [0.717, 1.165) is 28.1 Å². The standard InChI is InChI=1S/C27H30N2O2/c1-19(30)28-25-7-5-6-22(18-25)21-11-15-24(16-12-21)29-26(31)17-10-20-8-13-23(14-9-20)27(2,3)4/h5-9,11-16,18H,10,17H2,1-4H3,(H,28,30)(H,29,31). The number of nitrogens with one attached hydrogen (secondary N) is 2. The Bertz CT molecular complexity index is 1050. The van der Waals surface area contributed by atoms with E-state index in [1.807, 2.05) is 48.5 Å². The van der Waals surface area contributed by atoms with Crippen molar-refractivity contribution in [1.82, 2.24) is 0 Å². The zero-order chi connectivity index (χ0) is 22.4. The first-order valence-electron chi connectivity index (χ1n) is 10.6. The molecular weight excluding hydrogens is 384 g/mol. The summed E-state index contributed by atoms with van der Waals surface area (Å²) >= 11 is 0. The molecule has 0 aliphatic heterocycles. The van der Waals surface area contributed by atoms with E-state index in [1.54, 1.807) is 0 Å². The molecule has 3 aromatic rings. The van der Waals surface area contributed by atoms with Gasteiger partial charge in [0, 0.05) is 24.7 Å². The van der Waals surface area contributed by atoms with Gasteiger partial charge in [-0.1, -0.05) is 69.3 Å². The summed E-state index contributed by atoms with van der Waals surface area (Å²) in [5.74, 6) is -0.0966. The lowest BCUT2D eigenvalue weighted by Crippen LogP contribution is -2.13.